The van der Waals surface area contributed by atoms with E-state index in [1.165, 1.54) is 6.92 Å². The van der Waals surface area contributed by atoms with E-state index in [1.807, 2.05) is 0 Å². The molecule has 0 spiro atoms. The lowest BCUT2D eigenvalue weighted by molar-refractivity contribution is -0.153. The first-order chi connectivity index (χ1) is 16.6. The van der Waals surface area contributed by atoms with Gasteiger partial charge in [-0.25, -0.2) is 23.7 Å². The largest absolute Gasteiger partial charge is 0.481 e. The molecule has 3 aromatic rings. The van der Waals surface area contributed by atoms with Crippen molar-refractivity contribution in [1.29, 1.82) is 0 Å². The minimum absolute atomic E-state index is 0.0151. The zero-order chi connectivity index (χ0) is 26.8. The fraction of sp³-hybridized carbons (Fsp3) is 0.316. The molecule has 2 heterocycles. The predicted molar refractivity (Wildman–Crippen MR) is 108 cm³/mol. The van der Waals surface area contributed by atoms with Gasteiger partial charge in [0.05, 0.1) is 24.0 Å². The number of aromatic nitrogens is 5. The Balaban J connectivity index is 1.84. The number of alkyl halides is 8. The van der Waals surface area contributed by atoms with Crippen molar-refractivity contribution >= 4 is 21.8 Å². The number of rotatable bonds is 7. The van der Waals surface area contributed by atoms with E-state index < -0.39 is 54.0 Å². The first-order valence-corrected chi connectivity index (χ1v) is 10.4. The molecule has 0 saturated heterocycles. The first kappa shape index (κ1) is 27.2. The van der Waals surface area contributed by atoms with E-state index in [-0.39, 0.29) is 28.3 Å². The SMILES string of the molecule is CC(NC(=O)c1cc(C(F)F)cc(C(F)(F)F)c1)c1nc(Br)nn1-c1ncc(OCC(F)(F)F)cn1. The zero-order valence-electron chi connectivity index (χ0n) is 17.7. The van der Waals surface area contributed by atoms with Crippen molar-refractivity contribution < 1.29 is 44.7 Å². The molecule has 1 amide bonds. The molecule has 0 aliphatic carbocycles. The van der Waals surface area contributed by atoms with Crippen LogP contribution in [0.2, 0.25) is 0 Å². The quantitative estimate of drug-likeness (QED) is 0.381. The van der Waals surface area contributed by atoms with Crippen molar-refractivity contribution in [2.24, 2.45) is 0 Å². The minimum Gasteiger partial charge on any atom is -0.481 e. The second-order valence-corrected chi connectivity index (χ2v) is 7.82. The lowest BCUT2D eigenvalue weighted by Gasteiger charge is -2.16. The smallest absolute Gasteiger partial charge is 0.422 e. The number of benzene rings is 1. The van der Waals surface area contributed by atoms with E-state index in [4.69, 9.17) is 0 Å². The molecule has 8 nitrogen and oxygen atoms in total. The number of halogens is 9. The standard InChI is InChI=1S/C19H13BrF8N6O2/c1-8(31-15(35)10-2-9(13(21)22)3-11(4-10)19(26,27)28)14-32-16(20)33-34(14)17-29-5-12(6-30-17)36-7-18(23,24)25/h2-6,8,13H,7H2,1H3,(H,31,35). The summed E-state index contributed by atoms with van der Waals surface area (Å²) in [7, 11) is 0. The van der Waals surface area contributed by atoms with E-state index in [0.717, 1.165) is 17.1 Å². The van der Waals surface area contributed by atoms with Gasteiger partial charge in [0.15, 0.2) is 18.2 Å². The molecule has 1 unspecified atom stereocenters. The monoisotopic (exact) mass is 588 g/mol. The van der Waals surface area contributed by atoms with Crippen LogP contribution in [0.4, 0.5) is 35.1 Å². The third kappa shape index (κ3) is 6.86. The van der Waals surface area contributed by atoms with Gasteiger partial charge in [-0.05, 0) is 41.1 Å². The van der Waals surface area contributed by atoms with Crippen molar-refractivity contribution in [2.75, 3.05) is 6.61 Å². The molecule has 1 N–H and O–H groups in total. The number of ether oxygens (including phenoxy) is 1. The number of amides is 1. The van der Waals surface area contributed by atoms with Crippen LogP contribution in [0.25, 0.3) is 5.95 Å². The summed E-state index contributed by atoms with van der Waals surface area (Å²) in [5, 5.41) is 6.29. The van der Waals surface area contributed by atoms with Crippen molar-refractivity contribution in [3.63, 3.8) is 0 Å². The lowest BCUT2D eigenvalue weighted by Crippen LogP contribution is -2.29. The third-order valence-electron chi connectivity index (χ3n) is 4.34. The van der Waals surface area contributed by atoms with Gasteiger partial charge < -0.3 is 10.1 Å². The van der Waals surface area contributed by atoms with Gasteiger partial charge in [-0.3, -0.25) is 4.79 Å². The normalized spacial score (nSPS) is 13.1. The molecule has 36 heavy (non-hydrogen) atoms. The molecule has 3 rings (SSSR count). The molecular weight excluding hydrogens is 576 g/mol. The molecule has 0 fully saturated rings. The van der Waals surface area contributed by atoms with Gasteiger partial charge in [0, 0.05) is 11.1 Å². The Morgan fingerprint density at radius 1 is 1.11 bits per heavy atom. The number of carbonyl (C=O) groups is 1. The van der Waals surface area contributed by atoms with Gasteiger partial charge in [-0.15, -0.1) is 5.10 Å². The third-order valence-corrected chi connectivity index (χ3v) is 4.68. The summed E-state index contributed by atoms with van der Waals surface area (Å²) in [6.45, 7) is -0.199. The number of nitrogens with zero attached hydrogens (tertiary/aromatic N) is 5. The molecule has 1 atom stereocenters. The molecule has 0 saturated carbocycles. The Labute approximate surface area is 204 Å². The van der Waals surface area contributed by atoms with Gasteiger partial charge in [-0.2, -0.15) is 31.0 Å². The highest BCUT2D eigenvalue weighted by Crippen LogP contribution is 2.33. The highest BCUT2D eigenvalue weighted by atomic mass is 79.9. The van der Waals surface area contributed by atoms with Crippen LogP contribution in [-0.2, 0) is 6.18 Å². The topological polar surface area (TPSA) is 94.8 Å². The second kappa shape index (κ2) is 10.3. The van der Waals surface area contributed by atoms with Crippen molar-refractivity contribution in [1.82, 2.24) is 30.0 Å². The van der Waals surface area contributed by atoms with Crippen LogP contribution in [0, 0.1) is 0 Å². The van der Waals surface area contributed by atoms with Crippen molar-refractivity contribution in [3.05, 3.63) is 57.8 Å². The van der Waals surface area contributed by atoms with Gasteiger partial charge in [0.1, 0.15) is 0 Å². The molecular formula is C19H13BrF8N6O2. The molecule has 1 aromatic carbocycles. The van der Waals surface area contributed by atoms with Gasteiger partial charge in [0.25, 0.3) is 18.3 Å². The molecule has 194 valence electrons. The minimum atomic E-state index is -4.97. The van der Waals surface area contributed by atoms with Crippen LogP contribution >= 0.6 is 15.9 Å². The highest BCUT2D eigenvalue weighted by Gasteiger charge is 2.33. The number of hydrogen-bond acceptors (Lipinski definition) is 6. The van der Waals surface area contributed by atoms with Gasteiger partial charge >= 0.3 is 12.4 Å². The van der Waals surface area contributed by atoms with E-state index in [2.05, 4.69) is 46.0 Å². The van der Waals surface area contributed by atoms with Crippen LogP contribution in [0.1, 0.15) is 46.7 Å². The van der Waals surface area contributed by atoms with Gasteiger partial charge in [-0.1, -0.05) is 0 Å². The Kier molecular flexibility index (Phi) is 7.80. The maximum absolute atomic E-state index is 13.1. The number of hydrogen-bond donors (Lipinski definition) is 1. The predicted octanol–water partition coefficient (Wildman–Crippen LogP) is 5.21. The Morgan fingerprint density at radius 3 is 2.31 bits per heavy atom. The maximum Gasteiger partial charge on any atom is 0.422 e. The molecule has 17 heteroatoms. The average Bonchev–Trinajstić information content (AvgIpc) is 3.18. The Morgan fingerprint density at radius 2 is 1.75 bits per heavy atom. The summed E-state index contributed by atoms with van der Waals surface area (Å²) in [6.07, 6.45) is -10.9. The van der Waals surface area contributed by atoms with Crippen LogP contribution in [0.15, 0.2) is 35.3 Å². The lowest BCUT2D eigenvalue weighted by atomic mass is 10.0. The first-order valence-electron chi connectivity index (χ1n) is 9.59. The number of nitrogens with one attached hydrogen (secondary N) is 1. The summed E-state index contributed by atoms with van der Waals surface area (Å²) in [4.78, 5) is 24.3. The summed E-state index contributed by atoms with van der Waals surface area (Å²) in [5.74, 6) is -1.64. The summed E-state index contributed by atoms with van der Waals surface area (Å²) in [5.41, 5.74) is -3.08. The Hall–Kier alpha value is -3.37. The maximum atomic E-state index is 13.1. The van der Waals surface area contributed by atoms with Gasteiger partial charge in [0.2, 0.25) is 4.73 Å². The average molecular weight is 589 g/mol. The summed E-state index contributed by atoms with van der Waals surface area (Å²) in [6, 6.07) is 0.242. The van der Waals surface area contributed by atoms with Crippen LogP contribution < -0.4 is 10.1 Å². The van der Waals surface area contributed by atoms with Crippen LogP contribution in [0.5, 0.6) is 5.75 Å². The molecule has 0 radical (unpaired) electrons. The number of carbonyl (C=O) groups excluding carboxylic acids is 1. The Bertz CT molecular complexity index is 1230. The highest BCUT2D eigenvalue weighted by molar-refractivity contribution is 9.10. The summed E-state index contributed by atoms with van der Waals surface area (Å²) >= 11 is 3.01. The van der Waals surface area contributed by atoms with Crippen LogP contribution in [0.3, 0.4) is 0 Å². The van der Waals surface area contributed by atoms with E-state index >= 15 is 0 Å². The van der Waals surface area contributed by atoms with E-state index in [1.54, 1.807) is 0 Å². The zero-order valence-corrected chi connectivity index (χ0v) is 19.3. The molecule has 0 aliphatic heterocycles. The van der Waals surface area contributed by atoms with E-state index in [0.29, 0.717) is 12.1 Å². The fourth-order valence-electron chi connectivity index (χ4n) is 2.80. The van der Waals surface area contributed by atoms with Crippen molar-refractivity contribution in [3.8, 4) is 11.7 Å². The molecule has 2 aromatic heterocycles. The fourth-order valence-corrected chi connectivity index (χ4v) is 3.14. The summed E-state index contributed by atoms with van der Waals surface area (Å²) < 4.78 is 108. The van der Waals surface area contributed by atoms with Crippen LogP contribution in [-0.4, -0.2) is 43.4 Å². The second-order valence-electron chi connectivity index (χ2n) is 7.11. The molecule has 0 bridgehead atoms. The molecule has 0 aliphatic rings. The van der Waals surface area contributed by atoms with E-state index in [9.17, 15) is 39.9 Å². The van der Waals surface area contributed by atoms with Crippen molar-refractivity contribution in [2.45, 2.75) is 31.7 Å².